The number of nitrogens with one attached hydrogen (secondary N) is 1. The molecule has 0 aliphatic rings. The summed E-state index contributed by atoms with van der Waals surface area (Å²) < 4.78 is 14.2. The van der Waals surface area contributed by atoms with Gasteiger partial charge in [-0.1, -0.05) is 26.0 Å². The second kappa shape index (κ2) is 7.58. The second-order valence-electron chi connectivity index (χ2n) is 5.07. The number of rotatable bonds is 8. The fourth-order valence-electron chi connectivity index (χ4n) is 1.96. The lowest BCUT2D eigenvalue weighted by molar-refractivity contribution is -0.117. The molecule has 0 saturated heterocycles. The number of amides is 2. The smallest absolute Gasteiger partial charge is 0.236 e. The van der Waals surface area contributed by atoms with Gasteiger partial charge in [0.1, 0.15) is 5.82 Å². The Kier molecular flexibility index (Phi) is 6.10. The van der Waals surface area contributed by atoms with Crippen molar-refractivity contribution in [2.24, 2.45) is 11.5 Å². The van der Waals surface area contributed by atoms with Crippen molar-refractivity contribution in [3.8, 4) is 0 Å². The highest BCUT2D eigenvalue weighted by Gasteiger charge is 2.19. The van der Waals surface area contributed by atoms with Crippen LogP contribution < -0.4 is 21.7 Å². The summed E-state index contributed by atoms with van der Waals surface area (Å²) in [6, 6.07) is 4.77. The van der Waals surface area contributed by atoms with E-state index >= 15 is 0 Å². The fraction of sp³-hybridized carbons (Fsp3) is 0.429. The van der Waals surface area contributed by atoms with Crippen LogP contribution in [-0.4, -0.2) is 30.9 Å². The summed E-state index contributed by atoms with van der Waals surface area (Å²) in [7, 11) is 0. The molecule has 1 rings (SSSR count). The van der Waals surface area contributed by atoms with Crippen molar-refractivity contribution in [1.29, 1.82) is 0 Å². The molecule has 0 bridgehead atoms. The molecule has 0 unspecified atom stereocenters. The Labute approximate surface area is 123 Å². The zero-order valence-corrected chi connectivity index (χ0v) is 12.2. The van der Waals surface area contributed by atoms with Gasteiger partial charge in [0.2, 0.25) is 11.8 Å². The maximum absolute atomic E-state index is 14.2. The predicted molar refractivity (Wildman–Crippen MR) is 79.0 cm³/mol. The molecule has 6 nitrogen and oxygen atoms in total. The number of halogens is 1. The monoisotopic (exact) mass is 296 g/mol. The van der Waals surface area contributed by atoms with Crippen LogP contribution in [-0.2, 0) is 16.1 Å². The molecule has 0 aliphatic carbocycles. The van der Waals surface area contributed by atoms with Gasteiger partial charge >= 0.3 is 0 Å². The van der Waals surface area contributed by atoms with E-state index in [9.17, 15) is 14.0 Å². The average molecular weight is 296 g/mol. The third-order valence-electron chi connectivity index (χ3n) is 2.78. The lowest BCUT2D eigenvalue weighted by Crippen LogP contribution is -2.41. The molecule has 5 N–H and O–H groups in total. The van der Waals surface area contributed by atoms with Gasteiger partial charge in [-0.2, -0.15) is 0 Å². The van der Waals surface area contributed by atoms with Crippen molar-refractivity contribution in [3.63, 3.8) is 0 Å². The van der Waals surface area contributed by atoms with Crippen LogP contribution in [0.3, 0.4) is 0 Å². The summed E-state index contributed by atoms with van der Waals surface area (Å²) in [5.41, 5.74) is 11.1. The Morgan fingerprint density at radius 1 is 1.24 bits per heavy atom. The zero-order valence-electron chi connectivity index (χ0n) is 12.2. The first-order valence-corrected chi connectivity index (χ1v) is 6.63. The predicted octanol–water partition coefficient (Wildman–Crippen LogP) is 0.101. The maximum atomic E-state index is 14.2. The van der Waals surface area contributed by atoms with Gasteiger partial charge < -0.3 is 21.7 Å². The Morgan fingerprint density at radius 3 is 2.29 bits per heavy atom. The van der Waals surface area contributed by atoms with Crippen LogP contribution in [0.1, 0.15) is 19.4 Å². The third kappa shape index (κ3) is 5.39. The number of para-hydroxylation sites is 1. The Hall–Kier alpha value is -2.15. The molecule has 0 aliphatic heterocycles. The first-order chi connectivity index (χ1) is 9.81. The Morgan fingerprint density at radius 2 is 1.81 bits per heavy atom. The van der Waals surface area contributed by atoms with Crippen molar-refractivity contribution >= 4 is 17.5 Å². The molecule has 21 heavy (non-hydrogen) atoms. The molecule has 2 amide bonds. The number of nitrogens with two attached hydrogens (primary N) is 2. The number of hydrogen-bond donors (Lipinski definition) is 3. The minimum atomic E-state index is -0.665. The van der Waals surface area contributed by atoms with E-state index in [1.807, 2.05) is 13.8 Å². The van der Waals surface area contributed by atoms with Gasteiger partial charge in [0.25, 0.3) is 0 Å². The molecule has 1 aromatic rings. The lowest BCUT2D eigenvalue weighted by atomic mass is 10.1. The lowest BCUT2D eigenvalue weighted by Gasteiger charge is -2.25. The third-order valence-corrected chi connectivity index (χ3v) is 2.78. The Bertz CT molecular complexity index is 504. The van der Waals surface area contributed by atoms with Gasteiger partial charge in [0.15, 0.2) is 0 Å². The molecule has 0 saturated carbocycles. The van der Waals surface area contributed by atoms with Gasteiger partial charge in [-0.3, -0.25) is 9.59 Å². The number of carbonyl (C=O) groups excluding carboxylic acids is 2. The summed E-state index contributed by atoms with van der Waals surface area (Å²) in [5.74, 6) is -1.86. The molecule has 7 heteroatoms. The summed E-state index contributed by atoms with van der Waals surface area (Å²) in [6.07, 6.45) is 0. The standard InChI is InChI=1S/C14H21FN4O2/c1-9(2)18-6-10-4-3-5-11(15)14(10)19(7-12(16)20)8-13(17)21/h3-5,9,18H,6-8H2,1-2H3,(H2,16,20)(H2,17,21). The van der Waals surface area contributed by atoms with Crippen LogP contribution in [0.25, 0.3) is 0 Å². The van der Waals surface area contributed by atoms with E-state index in [1.54, 1.807) is 12.1 Å². The largest absolute Gasteiger partial charge is 0.368 e. The van der Waals surface area contributed by atoms with E-state index in [0.717, 1.165) is 0 Å². The van der Waals surface area contributed by atoms with Crippen LogP contribution >= 0.6 is 0 Å². The quantitative estimate of drug-likeness (QED) is 0.633. The minimum absolute atomic E-state index is 0.170. The van der Waals surface area contributed by atoms with Crippen LogP contribution in [0.2, 0.25) is 0 Å². The number of benzene rings is 1. The van der Waals surface area contributed by atoms with Gasteiger partial charge in [-0.25, -0.2) is 4.39 Å². The van der Waals surface area contributed by atoms with E-state index in [0.29, 0.717) is 12.1 Å². The molecular weight excluding hydrogens is 275 g/mol. The highest BCUT2D eigenvalue weighted by molar-refractivity contribution is 5.85. The maximum Gasteiger partial charge on any atom is 0.236 e. The highest BCUT2D eigenvalue weighted by Crippen LogP contribution is 2.24. The number of anilines is 1. The molecule has 0 fully saturated rings. The van der Waals surface area contributed by atoms with Gasteiger partial charge in [-0.05, 0) is 11.6 Å². The molecule has 0 spiro atoms. The van der Waals surface area contributed by atoms with Crippen LogP contribution in [0.15, 0.2) is 18.2 Å². The highest BCUT2D eigenvalue weighted by atomic mass is 19.1. The zero-order chi connectivity index (χ0) is 16.0. The van der Waals surface area contributed by atoms with E-state index < -0.39 is 17.6 Å². The van der Waals surface area contributed by atoms with Crippen LogP contribution in [0, 0.1) is 5.82 Å². The summed E-state index contributed by atoms with van der Waals surface area (Å²) >= 11 is 0. The van der Waals surface area contributed by atoms with Crippen molar-refractivity contribution in [2.75, 3.05) is 18.0 Å². The van der Waals surface area contributed by atoms with Crippen LogP contribution in [0.4, 0.5) is 10.1 Å². The first-order valence-electron chi connectivity index (χ1n) is 6.63. The first kappa shape index (κ1) is 16.9. The summed E-state index contributed by atoms with van der Waals surface area (Å²) in [4.78, 5) is 23.5. The SMILES string of the molecule is CC(C)NCc1cccc(F)c1N(CC(N)=O)CC(N)=O. The Balaban J connectivity index is 3.14. The second-order valence-corrected chi connectivity index (χ2v) is 5.07. The normalized spacial score (nSPS) is 10.7. The molecular formula is C14H21FN4O2. The molecule has 0 aromatic heterocycles. The van der Waals surface area contributed by atoms with Crippen molar-refractivity contribution in [1.82, 2.24) is 5.32 Å². The van der Waals surface area contributed by atoms with Gasteiger partial charge in [-0.15, -0.1) is 0 Å². The summed E-state index contributed by atoms with van der Waals surface area (Å²) in [5, 5.41) is 3.17. The van der Waals surface area contributed by atoms with E-state index in [2.05, 4.69) is 5.32 Å². The summed E-state index contributed by atoms with van der Waals surface area (Å²) in [6.45, 7) is 3.77. The van der Waals surface area contributed by atoms with Crippen LogP contribution in [0.5, 0.6) is 0 Å². The fourth-order valence-corrected chi connectivity index (χ4v) is 1.96. The average Bonchev–Trinajstić information content (AvgIpc) is 2.34. The molecule has 0 heterocycles. The van der Waals surface area contributed by atoms with Crippen molar-refractivity contribution in [3.05, 3.63) is 29.6 Å². The number of nitrogens with zero attached hydrogens (tertiary/aromatic N) is 1. The minimum Gasteiger partial charge on any atom is -0.368 e. The molecule has 1 aromatic carbocycles. The molecule has 0 atom stereocenters. The van der Waals surface area contributed by atoms with E-state index in [4.69, 9.17) is 11.5 Å². The van der Waals surface area contributed by atoms with Gasteiger partial charge in [0.05, 0.1) is 18.8 Å². The van der Waals surface area contributed by atoms with Gasteiger partial charge in [0, 0.05) is 12.6 Å². The topological polar surface area (TPSA) is 101 Å². The number of carbonyl (C=O) groups is 2. The van der Waals surface area contributed by atoms with Crippen molar-refractivity contribution in [2.45, 2.75) is 26.4 Å². The molecule has 0 radical (unpaired) electrons. The number of primary amides is 2. The van der Waals surface area contributed by atoms with E-state index in [-0.39, 0.29) is 24.8 Å². The van der Waals surface area contributed by atoms with Crippen molar-refractivity contribution < 1.29 is 14.0 Å². The number of hydrogen-bond acceptors (Lipinski definition) is 4. The molecule has 116 valence electrons. The van der Waals surface area contributed by atoms with E-state index in [1.165, 1.54) is 11.0 Å².